The Morgan fingerprint density at radius 3 is 2.57 bits per heavy atom. The predicted molar refractivity (Wildman–Crippen MR) is 138 cm³/mol. The molecule has 7 nitrogen and oxygen atoms in total. The van der Waals surface area contributed by atoms with Gasteiger partial charge in [-0.3, -0.25) is 9.69 Å². The summed E-state index contributed by atoms with van der Waals surface area (Å²) in [5.74, 6) is 2.03. The number of rotatable bonds is 7. The van der Waals surface area contributed by atoms with E-state index in [2.05, 4.69) is 10.2 Å². The summed E-state index contributed by atoms with van der Waals surface area (Å²) in [6, 6.07) is 20.9. The van der Waals surface area contributed by atoms with Crippen molar-refractivity contribution in [2.75, 3.05) is 17.8 Å². The topological polar surface area (TPSA) is 69.5 Å². The summed E-state index contributed by atoms with van der Waals surface area (Å²) in [4.78, 5) is 17.2. The van der Waals surface area contributed by atoms with Crippen LogP contribution in [0.1, 0.15) is 5.82 Å². The number of nitrogens with zero attached hydrogens (tertiary/aromatic N) is 4. The fourth-order valence-electron chi connectivity index (χ4n) is 3.66. The van der Waals surface area contributed by atoms with Crippen LogP contribution >= 0.6 is 35.1 Å². The number of hydrogen-bond acceptors (Lipinski definition) is 7. The Labute approximate surface area is 216 Å². The molecule has 10 heteroatoms. The maximum Gasteiger partial charge on any atom is 0.242 e. The standard InChI is InChI=1S/C25H21ClN4O3S2/c1-29-23(14-33-20-9-5-4-8-19(20)32-2)27-28-25(29)34-15-24(31)30-17-7-3-6-10-21(17)35-22-12-11-16(26)13-18(22)30/h3-13H,14-15H2,1-2H3. The molecule has 2 heterocycles. The molecule has 0 spiro atoms. The number of para-hydroxylation sites is 3. The molecule has 5 rings (SSSR count). The highest BCUT2D eigenvalue weighted by molar-refractivity contribution is 8.00. The SMILES string of the molecule is COc1ccccc1OCc1nnc(SCC(=O)N2c3ccccc3Sc3ccc(Cl)cc32)n1C. The molecule has 1 aliphatic rings. The highest BCUT2D eigenvalue weighted by Gasteiger charge is 2.28. The van der Waals surface area contributed by atoms with Gasteiger partial charge in [0.2, 0.25) is 5.91 Å². The van der Waals surface area contributed by atoms with Crippen molar-refractivity contribution in [3.8, 4) is 11.5 Å². The van der Waals surface area contributed by atoms with Crippen molar-refractivity contribution >= 4 is 52.4 Å². The smallest absolute Gasteiger partial charge is 0.242 e. The molecule has 0 radical (unpaired) electrons. The Kier molecular flexibility index (Phi) is 6.90. The molecule has 3 aromatic carbocycles. The van der Waals surface area contributed by atoms with Gasteiger partial charge < -0.3 is 14.0 Å². The van der Waals surface area contributed by atoms with Gasteiger partial charge in [-0.05, 0) is 42.5 Å². The van der Waals surface area contributed by atoms with E-state index in [9.17, 15) is 4.79 Å². The molecule has 0 fully saturated rings. The third kappa shape index (κ3) is 4.84. The Morgan fingerprint density at radius 1 is 1.00 bits per heavy atom. The van der Waals surface area contributed by atoms with Crippen LogP contribution in [0.4, 0.5) is 11.4 Å². The fraction of sp³-hybridized carbons (Fsp3) is 0.160. The summed E-state index contributed by atoms with van der Waals surface area (Å²) >= 11 is 9.23. The van der Waals surface area contributed by atoms with Crippen LogP contribution < -0.4 is 14.4 Å². The van der Waals surface area contributed by atoms with Gasteiger partial charge in [-0.25, -0.2) is 0 Å². The molecule has 0 aliphatic carbocycles. The van der Waals surface area contributed by atoms with Crippen LogP contribution in [0, 0.1) is 0 Å². The van der Waals surface area contributed by atoms with Crippen molar-refractivity contribution in [3.63, 3.8) is 0 Å². The molecule has 35 heavy (non-hydrogen) atoms. The molecule has 4 aromatic rings. The lowest BCUT2D eigenvalue weighted by Gasteiger charge is -2.31. The maximum atomic E-state index is 13.5. The second-order valence-corrected chi connectivity index (χ2v) is 10.1. The molecule has 0 unspecified atom stereocenters. The number of benzene rings is 3. The largest absolute Gasteiger partial charge is 0.493 e. The molecule has 0 atom stereocenters. The van der Waals surface area contributed by atoms with E-state index in [0.717, 1.165) is 21.2 Å². The third-order valence-corrected chi connectivity index (χ3v) is 7.78. The van der Waals surface area contributed by atoms with Crippen LogP contribution in [-0.2, 0) is 18.4 Å². The number of hydrogen-bond donors (Lipinski definition) is 0. The van der Waals surface area contributed by atoms with E-state index in [1.54, 1.807) is 23.8 Å². The number of amides is 1. The van der Waals surface area contributed by atoms with Crippen LogP contribution in [0.2, 0.25) is 5.02 Å². The van der Waals surface area contributed by atoms with Crippen molar-refractivity contribution in [1.82, 2.24) is 14.8 Å². The number of fused-ring (bicyclic) bond motifs is 2. The molecule has 0 N–H and O–H groups in total. The van der Waals surface area contributed by atoms with E-state index in [1.165, 1.54) is 11.8 Å². The van der Waals surface area contributed by atoms with Gasteiger partial charge in [-0.15, -0.1) is 10.2 Å². The average Bonchev–Trinajstić information content (AvgIpc) is 3.23. The molecule has 0 saturated carbocycles. The normalized spacial score (nSPS) is 12.1. The first-order valence-electron chi connectivity index (χ1n) is 10.7. The van der Waals surface area contributed by atoms with Crippen LogP contribution in [0.25, 0.3) is 0 Å². The van der Waals surface area contributed by atoms with E-state index in [4.69, 9.17) is 21.1 Å². The lowest BCUT2D eigenvalue weighted by Crippen LogP contribution is -2.30. The molecule has 1 aliphatic heterocycles. The Hall–Kier alpha value is -3.14. The molecule has 1 amide bonds. The van der Waals surface area contributed by atoms with Crippen LogP contribution in [0.5, 0.6) is 11.5 Å². The summed E-state index contributed by atoms with van der Waals surface area (Å²) < 4.78 is 13.0. The number of methoxy groups -OCH3 is 1. The van der Waals surface area contributed by atoms with Gasteiger partial charge in [0.05, 0.1) is 24.2 Å². The van der Waals surface area contributed by atoms with Crippen LogP contribution in [0.3, 0.4) is 0 Å². The van der Waals surface area contributed by atoms with Crippen molar-refractivity contribution in [2.24, 2.45) is 7.05 Å². The van der Waals surface area contributed by atoms with Crippen molar-refractivity contribution in [1.29, 1.82) is 0 Å². The molecular formula is C25H21ClN4O3S2. The van der Waals surface area contributed by atoms with E-state index < -0.39 is 0 Å². The average molecular weight is 525 g/mol. The lowest BCUT2D eigenvalue weighted by atomic mass is 10.2. The fourth-order valence-corrected chi connectivity index (χ4v) is 5.65. The Morgan fingerprint density at radius 2 is 1.74 bits per heavy atom. The molecule has 1 aromatic heterocycles. The van der Waals surface area contributed by atoms with Gasteiger partial charge in [0.15, 0.2) is 22.5 Å². The third-order valence-electron chi connectivity index (χ3n) is 5.41. The van der Waals surface area contributed by atoms with Gasteiger partial charge in [-0.2, -0.15) is 0 Å². The number of halogens is 1. The summed E-state index contributed by atoms with van der Waals surface area (Å²) in [7, 11) is 3.46. The van der Waals surface area contributed by atoms with Gasteiger partial charge in [0.25, 0.3) is 0 Å². The number of thioether (sulfide) groups is 1. The first-order valence-corrected chi connectivity index (χ1v) is 12.9. The molecule has 0 bridgehead atoms. The number of ether oxygens (including phenoxy) is 2. The summed E-state index contributed by atoms with van der Waals surface area (Å²) in [5, 5.41) is 9.71. The quantitative estimate of drug-likeness (QED) is 0.275. The monoisotopic (exact) mass is 524 g/mol. The second-order valence-electron chi connectivity index (χ2n) is 7.60. The first-order chi connectivity index (χ1) is 17.0. The van der Waals surface area contributed by atoms with E-state index in [1.807, 2.05) is 78.3 Å². The van der Waals surface area contributed by atoms with Gasteiger partial charge in [-0.1, -0.05) is 59.4 Å². The minimum absolute atomic E-state index is 0.0684. The number of aromatic nitrogens is 3. The predicted octanol–water partition coefficient (Wildman–Crippen LogP) is 5.98. The Balaban J connectivity index is 1.31. The van der Waals surface area contributed by atoms with E-state index in [-0.39, 0.29) is 18.3 Å². The summed E-state index contributed by atoms with van der Waals surface area (Å²) in [6.45, 7) is 0.223. The number of carbonyl (C=O) groups excluding carboxylic acids is 1. The van der Waals surface area contributed by atoms with E-state index in [0.29, 0.717) is 27.5 Å². The minimum Gasteiger partial charge on any atom is -0.493 e. The van der Waals surface area contributed by atoms with Crippen LogP contribution in [0.15, 0.2) is 81.7 Å². The summed E-state index contributed by atoms with van der Waals surface area (Å²) in [5.41, 5.74) is 1.64. The second kappa shape index (κ2) is 10.2. The molecule has 0 saturated heterocycles. The van der Waals surface area contributed by atoms with E-state index >= 15 is 0 Å². The van der Waals surface area contributed by atoms with Crippen molar-refractivity contribution in [3.05, 3.63) is 77.6 Å². The molecule has 178 valence electrons. The van der Waals surface area contributed by atoms with Gasteiger partial charge >= 0.3 is 0 Å². The lowest BCUT2D eigenvalue weighted by molar-refractivity contribution is -0.115. The molecular weight excluding hydrogens is 504 g/mol. The van der Waals surface area contributed by atoms with Gasteiger partial charge in [0, 0.05) is 21.9 Å². The van der Waals surface area contributed by atoms with Gasteiger partial charge in [0.1, 0.15) is 6.61 Å². The summed E-state index contributed by atoms with van der Waals surface area (Å²) in [6.07, 6.45) is 0. The minimum atomic E-state index is -0.0684. The zero-order chi connectivity index (χ0) is 24.4. The first kappa shape index (κ1) is 23.6. The highest BCUT2D eigenvalue weighted by atomic mass is 35.5. The number of carbonyl (C=O) groups is 1. The highest BCUT2D eigenvalue weighted by Crippen LogP contribution is 2.49. The zero-order valence-electron chi connectivity index (χ0n) is 19.0. The maximum absolute atomic E-state index is 13.5. The Bertz CT molecular complexity index is 1390. The van der Waals surface area contributed by atoms with Crippen molar-refractivity contribution < 1.29 is 14.3 Å². The van der Waals surface area contributed by atoms with Crippen molar-refractivity contribution in [2.45, 2.75) is 21.6 Å². The number of anilines is 2. The van der Waals surface area contributed by atoms with Crippen LogP contribution in [-0.4, -0.2) is 33.5 Å². The zero-order valence-corrected chi connectivity index (χ0v) is 21.4.